The van der Waals surface area contributed by atoms with E-state index in [-0.39, 0.29) is 22.2 Å². The van der Waals surface area contributed by atoms with Crippen LogP contribution in [0.4, 0.5) is 0 Å². The summed E-state index contributed by atoms with van der Waals surface area (Å²) < 4.78 is 0. The van der Waals surface area contributed by atoms with Crippen LogP contribution in [0.5, 0.6) is 11.5 Å². The molecule has 1 heterocycles. The molecule has 4 nitrogen and oxygen atoms in total. The maximum atomic E-state index is 12.1. The van der Waals surface area contributed by atoms with Gasteiger partial charge in [-0.05, 0) is 24.5 Å². The van der Waals surface area contributed by atoms with E-state index < -0.39 is 5.75 Å². The molecule has 0 unspecified atom stereocenters. The van der Waals surface area contributed by atoms with Crippen LogP contribution in [0, 0.1) is 5.92 Å². The lowest BCUT2D eigenvalue weighted by Crippen LogP contribution is -2.28. The van der Waals surface area contributed by atoms with Crippen LogP contribution in [0.1, 0.15) is 23.7 Å². The molecule has 2 rings (SSSR count). The van der Waals surface area contributed by atoms with Gasteiger partial charge in [0.25, 0.3) is 5.91 Å². The van der Waals surface area contributed by atoms with Gasteiger partial charge in [0, 0.05) is 13.1 Å². The number of phenols is 2. The zero-order valence-electron chi connectivity index (χ0n) is 9.48. The first kappa shape index (κ1) is 12.0. The van der Waals surface area contributed by atoms with Gasteiger partial charge in [-0.1, -0.05) is 18.5 Å². The molecule has 1 saturated heterocycles. The van der Waals surface area contributed by atoms with Gasteiger partial charge in [-0.25, -0.2) is 0 Å². The third kappa shape index (κ3) is 2.17. The highest BCUT2D eigenvalue weighted by atomic mass is 35.5. The third-order valence-electron chi connectivity index (χ3n) is 3.04. The number of carbonyl (C=O) groups excluding carboxylic acids is 1. The van der Waals surface area contributed by atoms with E-state index >= 15 is 0 Å². The molecule has 2 N–H and O–H groups in total. The lowest BCUT2D eigenvalue weighted by Gasteiger charge is -2.17. The number of phenolic OH excluding ortho intramolecular Hbond substituents is 2. The van der Waals surface area contributed by atoms with Crippen LogP contribution < -0.4 is 0 Å². The first-order valence-electron chi connectivity index (χ1n) is 5.50. The number of likely N-dealkylation sites (tertiary alicyclic amines) is 1. The van der Waals surface area contributed by atoms with Crippen LogP contribution in [0.3, 0.4) is 0 Å². The van der Waals surface area contributed by atoms with Crippen LogP contribution in [0.15, 0.2) is 12.1 Å². The van der Waals surface area contributed by atoms with E-state index in [2.05, 4.69) is 6.92 Å². The molecule has 1 aromatic rings. The summed E-state index contributed by atoms with van der Waals surface area (Å²) in [5, 5.41) is 18.6. The van der Waals surface area contributed by atoms with Crippen LogP contribution in [-0.2, 0) is 0 Å². The normalized spacial score (nSPS) is 19.6. The average molecular weight is 256 g/mol. The molecule has 1 aliphatic heterocycles. The van der Waals surface area contributed by atoms with Gasteiger partial charge in [-0.15, -0.1) is 0 Å². The number of rotatable bonds is 1. The first-order valence-corrected chi connectivity index (χ1v) is 5.88. The Hall–Kier alpha value is -1.42. The van der Waals surface area contributed by atoms with Gasteiger partial charge in [0.05, 0.1) is 10.6 Å². The average Bonchev–Trinajstić information content (AvgIpc) is 2.72. The molecule has 17 heavy (non-hydrogen) atoms. The second-order valence-corrected chi connectivity index (χ2v) is 4.82. The van der Waals surface area contributed by atoms with Gasteiger partial charge in [0.1, 0.15) is 0 Å². The fourth-order valence-corrected chi connectivity index (χ4v) is 2.25. The lowest BCUT2D eigenvalue weighted by atomic mass is 10.1. The molecule has 0 radical (unpaired) electrons. The summed E-state index contributed by atoms with van der Waals surface area (Å²) in [5.41, 5.74) is 0.232. The van der Waals surface area contributed by atoms with Crippen molar-refractivity contribution in [1.29, 1.82) is 0 Å². The fraction of sp³-hybridized carbons (Fsp3) is 0.417. The Morgan fingerprint density at radius 1 is 1.47 bits per heavy atom. The molecule has 0 aromatic heterocycles. The number of hydrogen-bond donors (Lipinski definition) is 2. The Morgan fingerprint density at radius 2 is 2.18 bits per heavy atom. The van der Waals surface area contributed by atoms with Crippen molar-refractivity contribution < 1.29 is 15.0 Å². The van der Waals surface area contributed by atoms with Gasteiger partial charge in [0.15, 0.2) is 11.5 Å². The zero-order valence-corrected chi connectivity index (χ0v) is 10.2. The van der Waals surface area contributed by atoms with Crippen LogP contribution >= 0.6 is 11.6 Å². The van der Waals surface area contributed by atoms with Crippen LogP contribution in [0.2, 0.25) is 5.02 Å². The summed E-state index contributed by atoms with van der Waals surface area (Å²) in [6.45, 7) is 3.50. The molecule has 92 valence electrons. The maximum absolute atomic E-state index is 12.1. The number of carbonyl (C=O) groups is 1. The summed E-state index contributed by atoms with van der Waals surface area (Å²) in [5.74, 6) is -0.468. The molecule has 1 fully saturated rings. The smallest absolute Gasteiger partial charge is 0.255 e. The van der Waals surface area contributed by atoms with Crippen molar-refractivity contribution in [3.05, 3.63) is 22.7 Å². The number of amides is 1. The monoisotopic (exact) mass is 255 g/mol. The highest BCUT2D eigenvalue weighted by Crippen LogP contribution is 2.36. The van der Waals surface area contributed by atoms with E-state index in [0.717, 1.165) is 6.42 Å². The van der Waals surface area contributed by atoms with Crippen molar-refractivity contribution in [3.63, 3.8) is 0 Å². The number of aromatic hydroxyl groups is 2. The SMILES string of the molecule is C[C@H]1CCN(C(=O)c2ccc(O)c(O)c2Cl)C1. The van der Waals surface area contributed by atoms with E-state index in [1.165, 1.54) is 12.1 Å². The molecule has 1 aliphatic rings. The van der Waals surface area contributed by atoms with Crippen molar-refractivity contribution in [1.82, 2.24) is 4.90 Å². The molecule has 0 bridgehead atoms. The van der Waals surface area contributed by atoms with Gasteiger partial charge in [-0.2, -0.15) is 0 Å². The standard InChI is InChI=1S/C12H14ClNO3/c1-7-4-5-14(6-7)12(17)8-2-3-9(15)11(16)10(8)13/h2-3,7,15-16H,4-6H2,1H3/t7-/m0/s1. The lowest BCUT2D eigenvalue weighted by molar-refractivity contribution is 0.0788. The van der Waals surface area contributed by atoms with E-state index in [0.29, 0.717) is 19.0 Å². The highest BCUT2D eigenvalue weighted by molar-refractivity contribution is 6.35. The zero-order chi connectivity index (χ0) is 12.6. The maximum Gasteiger partial charge on any atom is 0.255 e. The summed E-state index contributed by atoms with van der Waals surface area (Å²) >= 11 is 5.85. The van der Waals surface area contributed by atoms with Crippen molar-refractivity contribution >= 4 is 17.5 Å². The summed E-state index contributed by atoms with van der Waals surface area (Å²) in [4.78, 5) is 13.8. The Labute approximate surface area is 104 Å². The van der Waals surface area contributed by atoms with Gasteiger partial charge < -0.3 is 15.1 Å². The Bertz CT molecular complexity index is 461. The van der Waals surface area contributed by atoms with Crippen molar-refractivity contribution in [2.45, 2.75) is 13.3 Å². The quantitative estimate of drug-likeness (QED) is 0.757. The molecule has 0 spiro atoms. The minimum absolute atomic E-state index is 0.0884. The Balaban J connectivity index is 2.29. The predicted octanol–water partition coefficient (Wildman–Crippen LogP) is 2.23. The molecule has 1 aromatic carbocycles. The largest absolute Gasteiger partial charge is 0.504 e. The molecular formula is C12H14ClNO3. The van der Waals surface area contributed by atoms with Gasteiger partial charge in [0.2, 0.25) is 0 Å². The van der Waals surface area contributed by atoms with Crippen molar-refractivity contribution in [2.75, 3.05) is 13.1 Å². The topological polar surface area (TPSA) is 60.8 Å². The fourth-order valence-electron chi connectivity index (χ4n) is 2.01. The van der Waals surface area contributed by atoms with E-state index in [1.54, 1.807) is 4.90 Å². The van der Waals surface area contributed by atoms with Crippen LogP contribution in [0.25, 0.3) is 0 Å². The summed E-state index contributed by atoms with van der Waals surface area (Å²) in [7, 11) is 0. The van der Waals surface area contributed by atoms with E-state index in [4.69, 9.17) is 11.6 Å². The summed E-state index contributed by atoms with van der Waals surface area (Å²) in [6.07, 6.45) is 0.980. The predicted molar refractivity (Wildman–Crippen MR) is 64.5 cm³/mol. The van der Waals surface area contributed by atoms with E-state index in [1.807, 2.05) is 0 Å². The first-order chi connectivity index (χ1) is 8.00. The number of halogens is 1. The second-order valence-electron chi connectivity index (χ2n) is 4.44. The van der Waals surface area contributed by atoms with Gasteiger partial charge in [-0.3, -0.25) is 4.79 Å². The second kappa shape index (κ2) is 4.45. The Kier molecular flexibility index (Phi) is 3.15. The molecule has 0 aliphatic carbocycles. The van der Waals surface area contributed by atoms with Gasteiger partial charge >= 0.3 is 0 Å². The summed E-state index contributed by atoms with van der Waals surface area (Å²) in [6, 6.07) is 2.71. The minimum atomic E-state index is -0.440. The molecule has 5 heteroatoms. The van der Waals surface area contributed by atoms with Crippen LogP contribution in [-0.4, -0.2) is 34.1 Å². The number of hydrogen-bond acceptors (Lipinski definition) is 3. The minimum Gasteiger partial charge on any atom is -0.504 e. The molecule has 0 saturated carbocycles. The van der Waals surface area contributed by atoms with E-state index in [9.17, 15) is 15.0 Å². The highest BCUT2D eigenvalue weighted by Gasteiger charge is 2.26. The molecule has 1 atom stereocenters. The number of benzene rings is 1. The molecule has 1 amide bonds. The number of nitrogens with zero attached hydrogens (tertiary/aromatic N) is 1. The van der Waals surface area contributed by atoms with Crippen molar-refractivity contribution in [2.24, 2.45) is 5.92 Å². The molecular weight excluding hydrogens is 242 g/mol. The van der Waals surface area contributed by atoms with Crippen molar-refractivity contribution in [3.8, 4) is 11.5 Å². The third-order valence-corrected chi connectivity index (χ3v) is 3.42. The Morgan fingerprint density at radius 3 is 2.76 bits per heavy atom.